The summed E-state index contributed by atoms with van der Waals surface area (Å²) in [5, 5.41) is 10.9. The summed E-state index contributed by atoms with van der Waals surface area (Å²) in [4.78, 5) is 11.3. The highest BCUT2D eigenvalue weighted by Crippen LogP contribution is 2.32. The maximum atomic E-state index is 11.3. The van der Waals surface area contributed by atoms with Gasteiger partial charge >= 0.3 is 0 Å². The number of hydrogen-bond acceptors (Lipinski definition) is 3. The van der Waals surface area contributed by atoms with Gasteiger partial charge in [0.25, 0.3) is 5.91 Å². The average molecular weight is 362 g/mol. The van der Waals surface area contributed by atoms with Gasteiger partial charge in [0.1, 0.15) is 5.75 Å². The third-order valence-corrected chi connectivity index (χ3v) is 3.07. The van der Waals surface area contributed by atoms with Crippen molar-refractivity contribution in [1.82, 2.24) is 5.32 Å². The molecule has 0 bridgehead atoms. The van der Waals surface area contributed by atoms with Crippen LogP contribution >= 0.6 is 31.9 Å². The topological polar surface area (TPSA) is 62.1 Å². The van der Waals surface area contributed by atoms with Crippen LogP contribution in [0.2, 0.25) is 0 Å². The first-order valence-electron chi connectivity index (χ1n) is 4.85. The molecule has 0 spiro atoms. The number of benzene rings is 1. The normalized spacial score (nSPS) is 9.47. The van der Waals surface area contributed by atoms with Crippen LogP contribution in [0.3, 0.4) is 0 Å². The lowest BCUT2D eigenvalue weighted by Crippen LogP contribution is -2.29. The van der Waals surface area contributed by atoms with Crippen molar-refractivity contribution in [3.8, 4) is 11.8 Å². The fourth-order valence-corrected chi connectivity index (χ4v) is 2.29. The number of rotatable bonds is 5. The summed E-state index contributed by atoms with van der Waals surface area (Å²) in [6.07, 6.45) is 0.296. The van der Waals surface area contributed by atoms with Crippen LogP contribution in [0.25, 0.3) is 0 Å². The van der Waals surface area contributed by atoms with Gasteiger partial charge in [-0.05, 0) is 44.0 Å². The van der Waals surface area contributed by atoms with Crippen molar-refractivity contribution < 1.29 is 9.53 Å². The number of hydrogen-bond donors (Lipinski definition) is 1. The molecule has 1 aromatic rings. The molecule has 0 unspecified atom stereocenters. The van der Waals surface area contributed by atoms with Gasteiger partial charge in [-0.25, -0.2) is 0 Å². The Morgan fingerprint density at radius 2 is 2.06 bits per heavy atom. The lowest BCUT2D eigenvalue weighted by atomic mass is 10.3. The summed E-state index contributed by atoms with van der Waals surface area (Å²) >= 11 is 6.66. The Morgan fingerprint density at radius 3 is 2.65 bits per heavy atom. The van der Waals surface area contributed by atoms with Crippen molar-refractivity contribution in [3.63, 3.8) is 0 Å². The molecule has 0 saturated carbocycles. The van der Waals surface area contributed by atoms with Crippen LogP contribution in [0, 0.1) is 11.3 Å². The van der Waals surface area contributed by atoms with E-state index in [0.29, 0.717) is 18.7 Å². The quantitative estimate of drug-likeness (QED) is 0.820. The Labute approximate surface area is 116 Å². The molecule has 0 aliphatic carbocycles. The van der Waals surface area contributed by atoms with E-state index in [4.69, 9.17) is 10.00 Å². The summed E-state index contributed by atoms with van der Waals surface area (Å²) in [6, 6.07) is 7.45. The summed E-state index contributed by atoms with van der Waals surface area (Å²) in [5.41, 5.74) is 0. The molecule has 4 nitrogen and oxygen atoms in total. The fourth-order valence-electron chi connectivity index (χ4n) is 1.07. The highest BCUT2D eigenvalue weighted by molar-refractivity contribution is 9.11. The minimum Gasteiger partial charge on any atom is -0.481 e. The molecule has 0 aliphatic heterocycles. The minimum atomic E-state index is -0.247. The third kappa shape index (κ3) is 4.75. The molecule has 0 saturated heterocycles. The molecule has 0 radical (unpaired) electrons. The van der Waals surface area contributed by atoms with E-state index in [1.165, 1.54) is 0 Å². The van der Waals surface area contributed by atoms with Crippen LogP contribution in [-0.4, -0.2) is 19.1 Å². The molecule has 1 N–H and O–H groups in total. The van der Waals surface area contributed by atoms with E-state index in [1.54, 1.807) is 0 Å². The Hall–Kier alpha value is -1.06. The van der Waals surface area contributed by atoms with Crippen molar-refractivity contribution in [2.75, 3.05) is 13.2 Å². The van der Waals surface area contributed by atoms with E-state index in [9.17, 15) is 4.79 Å². The molecule has 0 heterocycles. The summed E-state index contributed by atoms with van der Waals surface area (Å²) in [7, 11) is 0. The maximum absolute atomic E-state index is 11.3. The van der Waals surface area contributed by atoms with Crippen molar-refractivity contribution in [1.29, 1.82) is 5.26 Å². The van der Waals surface area contributed by atoms with Crippen LogP contribution in [0.4, 0.5) is 0 Å². The number of ether oxygens (including phenoxy) is 1. The van der Waals surface area contributed by atoms with E-state index < -0.39 is 0 Å². The van der Waals surface area contributed by atoms with Gasteiger partial charge in [-0.2, -0.15) is 5.26 Å². The van der Waals surface area contributed by atoms with Crippen LogP contribution in [0.1, 0.15) is 6.42 Å². The van der Waals surface area contributed by atoms with Crippen LogP contribution in [-0.2, 0) is 4.79 Å². The number of carbonyl (C=O) groups is 1. The zero-order chi connectivity index (χ0) is 12.7. The Bertz CT molecular complexity index is 423. The van der Waals surface area contributed by atoms with Gasteiger partial charge in [0, 0.05) is 6.54 Å². The van der Waals surface area contributed by atoms with Crippen molar-refractivity contribution in [2.45, 2.75) is 6.42 Å². The molecule has 0 atom stereocenters. The molecule has 1 aromatic carbocycles. The monoisotopic (exact) mass is 360 g/mol. The number of halogens is 2. The van der Waals surface area contributed by atoms with Crippen LogP contribution < -0.4 is 10.1 Å². The molecule has 0 aromatic heterocycles. The summed E-state index contributed by atoms with van der Waals surface area (Å²) in [6.45, 7) is 0.266. The Balaban J connectivity index is 2.45. The maximum Gasteiger partial charge on any atom is 0.257 e. The first kappa shape index (κ1) is 14.0. The average Bonchev–Trinajstić information content (AvgIpc) is 2.29. The number of amides is 1. The summed E-state index contributed by atoms with van der Waals surface area (Å²) < 4.78 is 6.92. The molecule has 17 heavy (non-hydrogen) atoms. The predicted octanol–water partition coefficient (Wildman–Crippen LogP) is 2.62. The lowest BCUT2D eigenvalue weighted by Gasteiger charge is -2.09. The zero-order valence-corrected chi connectivity index (χ0v) is 12.0. The van der Waals surface area contributed by atoms with Gasteiger partial charge in [-0.1, -0.05) is 6.07 Å². The third-order valence-electron chi connectivity index (χ3n) is 1.83. The fraction of sp³-hybridized carbons (Fsp3) is 0.273. The molecular formula is C11H10Br2N2O2. The predicted molar refractivity (Wildman–Crippen MR) is 70.6 cm³/mol. The standard InChI is InChI=1S/C11H10Br2N2O2/c12-8-3-1-4-9(13)11(8)17-7-10(16)15-6-2-5-14/h1,3-4H,2,6-7H2,(H,15,16). The second-order valence-corrected chi connectivity index (χ2v) is 4.81. The van der Waals surface area contributed by atoms with Crippen molar-refractivity contribution in [3.05, 3.63) is 27.1 Å². The zero-order valence-electron chi connectivity index (χ0n) is 8.87. The SMILES string of the molecule is N#CCCNC(=O)COc1c(Br)cccc1Br. The van der Waals surface area contributed by atoms with Crippen molar-refractivity contribution >= 4 is 37.8 Å². The highest BCUT2D eigenvalue weighted by Gasteiger charge is 2.08. The number of nitriles is 1. The number of carbonyl (C=O) groups excluding carboxylic acids is 1. The van der Waals surface area contributed by atoms with Crippen LogP contribution in [0.15, 0.2) is 27.1 Å². The molecule has 0 fully saturated rings. The van der Waals surface area contributed by atoms with Gasteiger partial charge in [-0.3, -0.25) is 4.79 Å². The van der Waals surface area contributed by atoms with Crippen LogP contribution in [0.5, 0.6) is 5.75 Å². The number of nitrogens with one attached hydrogen (secondary N) is 1. The second-order valence-electron chi connectivity index (χ2n) is 3.10. The highest BCUT2D eigenvalue weighted by atomic mass is 79.9. The second kappa shape index (κ2) is 7.30. The Kier molecular flexibility index (Phi) is 6.01. The molecule has 0 aliphatic rings. The largest absolute Gasteiger partial charge is 0.481 e. The van der Waals surface area contributed by atoms with E-state index in [-0.39, 0.29) is 12.5 Å². The molecule has 1 amide bonds. The van der Waals surface area contributed by atoms with Gasteiger partial charge in [0.2, 0.25) is 0 Å². The van der Waals surface area contributed by atoms with Crippen molar-refractivity contribution in [2.24, 2.45) is 0 Å². The van der Waals surface area contributed by atoms with E-state index in [2.05, 4.69) is 37.2 Å². The summed E-state index contributed by atoms with van der Waals surface area (Å²) in [5.74, 6) is 0.339. The number of para-hydroxylation sites is 1. The first-order chi connectivity index (χ1) is 8.15. The lowest BCUT2D eigenvalue weighted by molar-refractivity contribution is -0.123. The van der Waals surface area contributed by atoms with E-state index in [0.717, 1.165) is 8.95 Å². The Morgan fingerprint density at radius 1 is 1.41 bits per heavy atom. The van der Waals surface area contributed by atoms with Gasteiger partial charge < -0.3 is 10.1 Å². The molecule has 90 valence electrons. The van der Waals surface area contributed by atoms with E-state index >= 15 is 0 Å². The van der Waals surface area contributed by atoms with Gasteiger partial charge in [0.05, 0.1) is 21.4 Å². The first-order valence-corrected chi connectivity index (χ1v) is 6.44. The molecule has 1 rings (SSSR count). The molecular weight excluding hydrogens is 352 g/mol. The molecule has 6 heteroatoms. The van der Waals surface area contributed by atoms with Gasteiger partial charge in [0.15, 0.2) is 6.61 Å². The smallest absolute Gasteiger partial charge is 0.257 e. The van der Waals surface area contributed by atoms with E-state index in [1.807, 2.05) is 24.3 Å². The van der Waals surface area contributed by atoms with Gasteiger partial charge in [-0.15, -0.1) is 0 Å². The minimum absolute atomic E-state index is 0.0767. The number of nitrogens with zero attached hydrogens (tertiary/aromatic N) is 1.